The number of aromatic nitrogens is 4. The van der Waals surface area contributed by atoms with Crippen molar-refractivity contribution in [1.29, 1.82) is 5.26 Å². The van der Waals surface area contributed by atoms with Crippen LogP contribution in [-0.2, 0) is 33.3 Å². The number of ether oxygens (including phenoxy) is 5. The lowest BCUT2D eigenvalue weighted by Gasteiger charge is -2.55. The van der Waals surface area contributed by atoms with Gasteiger partial charge in [0.05, 0.1) is 34.7 Å². The first kappa shape index (κ1) is 34.3. The molecule has 0 amide bonds. The zero-order valence-corrected chi connectivity index (χ0v) is 28.0. The van der Waals surface area contributed by atoms with Crippen LogP contribution < -0.4 is 4.90 Å². The molecule has 3 saturated heterocycles. The first-order chi connectivity index (χ1) is 22.9. The van der Waals surface area contributed by atoms with E-state index in [0.717, 1.165) is 12.1 Å². The van der Waals surface area contributed by atoms with E-state index < -0.39 is 58.4 Å². The molecule has 2 aromatic heterocycles. The van der Waals surface area contributed by atoms with E-state index in [1.807, 2.05) is 11.0 Å². The molecule has 0 N–H and O–H groups in total. The Hall–Kier alpha value is -3.59. The highest BCUT2D eigenvalue weighted by molar-refractivity contribution is 8.00. The Morgan fingerprint density at radius 1 is 1.15 bits per heavy atom. The molecule has 1 aromatic carbocycles. The van der Waals surface area contributed by atoms with Crippen molar-refractivity contribution in [3.05, 3.63) is 51.8 Å². The van der Waals surface area contributed by atoms with E-state index in [1.54, 1.807) is 6.07 Å². The van der Waals surface area contributed by atoms with E-state index >= 15 is 0 Å². The number of carbonyl (C=O) groups excluding carboxylic acids is 2. The molecule has 6 rings (SSSR count). The highest BCUT2D eigenvalue weighted by Crippen LogP contribution is 2.47. The second-order valence-electron chi connectivity index (χ2n) is 11.7. The first-order valence-electron chi connectivity index (χ1n) is 14.6. The Kier molecular flexibility index (Phi) is 9.81. The molecule has 18 heteroatoms. The molecule has 5 unspecified atom stereocenters. The summed E-state index contributed by atoms with van der Waals surface area (Å²) in [7, 11) is 1.42. The number of thioether (sulfide) groups is 1. The molecule has 5 atom stereocenters. The summed E-state index contributed by atoms with van der Waals surface area (Å²) in [5, 5.41) is 17.5. The number of hydrogen-bond acceptors (Lipinski definition) is 13. The number of methoxy groups -OCH3 is 1. The molecule has 0 aliphatic carbocycles. The van der Waals surface area contributed by atoms with Gasteiger partial charge in [-0.25, -0.2) is 18.4 Å². The van der Waals surface area contributed by atoms with Crippen molar-refractivity contribution < 1.29 is 42.1 Å². The van der Waals surface area contributed by atoms with Crippen molar-refractivity contribution in [3.63, 3.8) is 0 Å². The van der Waals surface area contributed by atoms with Crippen molar-refractivity contribution in [1.82, 2.24) is 20.0 Å². The lowest BCUT2D eigenvalue weighted by atomic mass is 9.78. The topological polar surface area (TPSA) is 151 Å². The van der Waals surface area contributed by atoms with E-state index in [4.69, 9.17) is 46.9 Å². The Morgan fingerprint density at radius 2 is 1.85 bits per heavy atom. The number of nitriles is 1. The summed E-state index contributed by atoms with van der Waals surface area (Å²) < 4.78 is 58.8. The maximum Gasteiger partial charge on any atom is 0.303 e. The SMILES string of the molecule is COC1C(Sc2cc(Cl)c(C#N)nc2N2CC3(COC3)C2)OC(COC(C)=O)C(OC(C)=O)C1n1cc(-c2cc(F)c(Cl)c(F)c2)nn1. The molecular formula is C30H28Cl2F2N6O7S. The van der Waals surface area contributed by atoms with Crippen LogP contribution in [0.1, 0.15) is 25.6 Å². The van der Waals surface area contributed by atoms with Gasteiger partial charge in [0.1, 0.15) is 64.5 Å². The molecule has 3 aromatic rings. The highest BCUT2D eigenvalue weighted by atomic mass is 35.5. The van der Waals surface area contributed by atoms with Crippen molar-refractivity contribution in [2.75, 3.05) is 44.9 Å². The quantitative estimate of drug-likeness (QED) is 0.229. The fourth-order valence-electron chi connectivity index (χ4n) is 5.94. The predicted octanol–water partition coefficient (Wildman–Crippen LogP) is 4.20. The molecule has 13 nitrogen and oxygen atoms in total. The summed E-state index contributed by atoms with van der Waals surface area (Å²) >= 11 is 13.3. The molecule has 254 valence electrons. The average molecular weight is 726 g/mol. The van der Waals surface area contributed by atoms with E-state index in [-0.39, 0.29) is 34.0 Å². The van der Waals surface area contributed by atoms with Gasteiger partial charge < -0.3 is 28.6 Å². The normalized spacial score (nSPS) is 24.4. The summed E-state index contributed by atoms with van der Waals surface area (Å²) in [6.45, 7) is 4.72. The van der Waals surface area contributed by atoms with E-state index in [2.05, 4.69) is 15.3 Å². The van der Waals surface area contributed by atoms with Gasteiger partial charge >= 0.3 is 11.9 Å². The molecule has 0 bridgehead atoms. The number of halogens is 4. The van der Waals surface area contributed by atoms with Gasteiger partial charge in [-0.2, -0.15) is 5.26 Å². The highest BCUT2D eigenvalue weighted by Gasteiger charge is 2.52. The number of pyridine rings is 1. The van der Waals surface area contributed by atoms with Crippen molar-refractivity contribution in [3.8, 4) is 17.3 Å². The van der Waals surface area contributed by atoms with E-state index in [1.165, 1.54) is 43.6 Å². The van der Waals surface area contributed by atoms with Gasteiger partial charge in [-0.1, -0.05) is 40.2 Å². The van der Waals surface area contributed by atoms with Crippen LogP contribution in [0.5, 0.6) is 0 Å². The molecule has 1 spiro atoms. The zero-order chi connectivity index (χ0) is 34.3. The van der Waals surface area contributed by atoms with E-state index in [0.29, 0.717) is 37.0 Å². The van der Waals surface area contributed by atoms with Crippen LogP contribution in [0.25, 0.3) is 11.3 Å². The number of nitrogens with zero attached hydrogens (tertiary/aromatic N) is 6. The maximum absolute atomic E-state index is 14.3. The third kappa shape index (κ3) is 6.67. The second kappa shape index (κ2) is 13.7. The molecular weight excluding hydrogens is 697 g/mol. The summed E-state index contributed by atoms with van der Waals surface area (Å²) in [4.78, 5) is 31.4. The van der Waals surface area contributed by atoms with Gasteiger partial charge in [0.2, 0.25) is 0 Å². The van der Waals surface area contributed by atoms with Gasteiger partial charge in [-0.05, 0) is 18.2 Å². The Morgan fingerprint density at radius 3 is 2.44 bits per heavy atom. The standard InChI is InChI=1S/C30H28Cl2F2N6O7S/c1-14(41)45-9-22-26(46-15(2)42)25(40-8-21(37-38-40)16-4-18(33)24(32)19(34)5-16)27(43-3)29(47-22)48-23-6-17(31)20(7-35)36-28(23)39-10-30(11-39)12-44-13-30/h4-6,8,22,25-27,29H,9-13H2,1-3H3. The van der Waals surface area contributed by atoms with Crippen LogP contribution in [0.2, 0.25) is 10.0 Å². The molecule has 0 saturated carbocycles. The van der Waals surface area contributed by atoms with Crippen LogP contribution >= 0.6 is 35.0 Å². The summed E-state index contributed by atoms with van der Waals surface area (Å²) in [6.07, 6.45) is -1.68. The fourth-order valence-corrected chi connectivity index (χ4v) is 7.62. The van der Waals surface area contributed by atoms with Crippen LogP contribution in [0, 0.1) is 28.4 Å². The van der Waals surface area contributed by atoms with Crippen LogP contribution in [0.3, 0.4) is 0 Å². The molecule has 5 heterocycles. The maximum atomic E-state index is 14.3. The molecule has 48 heavy (non-hydrogen) atoms. The minimum absolute atomic E-state index is 0.0324. The predicted molar refractivity (Wildman–Crippen MR) is 166 cm³/mol. The third-order valence-corrected chi connectivity index (χ3v) is 9.99. The van der Waals surface area contributed by atoms with Crippen LogP contribution in [0.4, 0.5) is 14.6 Å². The Labute approximate surface area is 287 Å². The monoisotopic (exact) mass is 724 g/mol. The number of hydrogen-bond donors (Lipinski definition) is 0. The Balaban J connectivity index is 1.39. The largest absolute Gasteiger partial charge is 0.463 e. The third-order valence-electron chi connectivity index (χ3n) is 8.18. The van der Waals surface area contributed by atoms with Gasteiger partial charge in [0.15, 0.2) is 11.8 Å². The average Bonchev–Trinajstić information content (AvgIpc) is 3.48. The fraction of sp³-hybridized carbons (Fsp3) is 0.467. The number of carbonyl (C=O) groups is 2. The van der Waals surface area contributed by atoms with Gasteiger partial charge in [-0.3, -0.25) is 9.59 Å². The number of esters is 2. The Bertz CT molecular complexity index is 1760. The van der Waals surface area contributed by atoms with E-state index in [9.17, 15) is 23.6 Å². The minimum atomic E-state index is -1.13. The lowest BCUT2D eigenvalue weighted by molar-refractivity contribution is -0.208. The van der Waals surface area contributed by atoms with Crippen molar-refractivity contribution in [2.24, 2.45) is 5.41 Å². The van der Waals surface area contributed by atoms with Crippen molar-refractivity contribution >= 4 is 52.7 Å². The number of rotatable bonds is 9. The zero-order valence-electron chi connectivity index (χ0n) is 25.7. The molecule has 3 fully saturated rings. The smallest absolute Gasteiger partial charge is 0.303 e. The minimum Gasteiger partial charge on any atom is -0.463 e. The van der Waals surface area contributed by atoms with Crippen LogP contribution in [0.15, 0.2) is 29.3 Å². The number of benzene rings is 1. The van der Waals surface area contributed by atoms with Gasteiger partial charge in [0.25, 0.3) is 0 Å². The van der Waals surface area contributed by atoms with Crippen molar-refractivity contribution in [2.45, 2.75) is 48.5 Å². The molecule has 0 radical (unpaired) electrons. The van der Waals surface area contributed by atoms with Gasteiger partial charge in [-0.15, -0.1) is 5.10 Å². The van der Waals surface area contributed by atoms with Crippen LogP contribution in [-0.4, -0.2) is 95.7 Å². The number of anilines is 1. The lowest BCUT2D eigenvalue weighted by Crippen LogP contribution is -2.66. The summed E-state index contributed by atoms with van der Waals surface area (Å²) in [5.41, 5.74) is -0.659. The summed E-state index contributed by atoms with van der Waals surface area (Å²) in [6, 6.07) is 4.72. The summed E-state index contributed by atoms with van der Waals surface area (Å²) in [5.74, 6) is -2.72. The second-order valence-corrected chi connectivity index (χ2v) is 13.6. The molecule has 3 aliphatic heterocycles. The van der Waals surface area contributed by atoms with Gasteiger partial charge in [0, 0.05) is 39.6 Å². The molecule has 3 aliphatic rings. The first-order valence-corrected chi connectivity index (χ1v) is 16.2.